The zero-order chi connectivity index (χ0) is 6.85. The number of thiophene rings is 1. The van der Waals surface area contributed by atoms with Crippen LogP contribution in [0.1, 0.15) is 10.4 Å². The lowest BCUT2D eigenvalue weighted by Crippen LogP contribution is -1.61. The van der Waals surface area contributed by atoms with Gasteiger partial charge in [0.25, 0.3) is 0 Å². The molecule has 2 heteroatoms. The number of hydrogen-bond donors (Lipinski definition) is 0. The lowest BCUT2D eigenvalue weighted by Gasteiger charge is -1.79. The second-order valence-electron chi connectivity index (χ2n) is 1.98. The van der Waals surface area contributed by atoms with Gasteiger partial charge in [0.2, 0.25) is 0 Å². The zero-order valence-electron chi connectivity index (χ0n) is 5.64. The molecule has 1 aromatic rings. The summed E-state index contributed by atoms with van der Waals surface area (Å²) in [4.78, 5) is 5.15. The summed E-state index contributed by atoms with van der Waals surface area (Å²) in [7, 11) is 0. The van der Waals surface area contributed by atoms with Gasteiger partial charge < -0.3 is 0 Å². The van der Waals surface area contributed by atoms with Crippen LogP contribution in [0.25, 0.3) is 0 Å². The van der Waals surface area contributed by atoms with Crippen LogP contribution < -0.4 is 0 Å². The first-order valence-electron chi connectivity index (χ1n) is 2.78. The van der Waals surface area contributed by atoms with E-state index in [1.165, 1.54) is 10.4 Å². The molecule has 0 aromatic carbocycles. The Bertz CT molecular complexity index is 205. The first-order chi connectivity index (χ1) is 4.24. The Labute approximate surface area is 59.1 Å². The lowest BCUT2D eigenvalue weighted by atomic mass is 10.3. The molecule has 0 saturated carbocycles. The van der Waals surface area contributed by atoms with Crippen molar-refractivity contribution in [2.24, 2.45) is 4.99 Å². The molecule has 0 aliphatic carbocycles. The van der Waals surface area contributed by atoms with Gasteiger partial charge in [-0.3, -0.25) is 4.99 Å². The summed E-state index contributed by atoms with van der Waals surface area (Å²) in [5, 5.41) is 1.02. The van der Waals surface area contributed by atoms with Crippen LogP contribution in [0.2, 0.25) is 0 Å². The molecule has 9 heavy (non-hydrogen) atoms. The molecule has 0 radical (unpaired) electrons. The Kier molecular flexibility index (Phi) is 1.67. The highest BCUT2D eigenvalue weighted by atomic mass is 32.1. The van der Waals surface area contributed by atoms with Gasteiger partial charge >= 0.3 is 0 Å². The summed E-state index contributed by atoms with van der Waals surface area (Å²) in [5.74, 6) is 0. The van der Waals surface area contributed by atoms with Crippen molar-refractivity contribution in [3.8, 4) is 0 Å². The average molecular weight is 139 g/mol. The van der Waals surface area contributed by atoms with Crippen molar-refractivity contribution in [3.63, 3.8) is 0 Å². The Hall–Kier alpha value is -0.630. The molecule has 0 saturated heterocycles. The molecule has 0 unspecified atom stereocenters. The summed E-state index contributed by atoms with van der Waals surface area (Å²) < 4.78 is 0. The molecule has 48 valence electrons. The van der Waals surface area contributed by atoms with Gasteiger partial charge in [0.05, 0.1) is 0 Å². The third-order valence-electron chi connectivity index (χ3n) is 1.31. The summed E-state index contributed by atoms with van der Waals surface area (Å²) in [6.07, 6.45) is 0. The van der Waals surface area contributed by atoms with Crippen molar-refractivity contribution in [1.82, 2.24) is 0 Å². The summed E-state index contributed by atoms with van der Waals surface area (Å²) in [6, 6.07) is 2.05. The van der Waals surface area contributed by atoms with Crippen LogP contribution in [0.4, 0.5) is 5.00 Å². The predicted molar refractivity (Wildman–Crippen MR) is 43.0 cm³/mol. The van der Waals surface area contributed by atoms with Crippen LogP contribution in [0, 0.1) is 13.8 Å². The van der Waals surface area contributed by atoms with Crippen LogP contribution in [-0.4, -0.2) is 6.72 Å². The van der Waals surface area contributed by atoms with Gasteiger partial charge in [0.15, 0.2) is 0 Å². The maximum Gasteiger partial charge on any atom is 0.115 e. The highest BCUT2D eigenvalue weighted by molar-refractivity contribution is 7.15. The van der Waals surface area contributed by atoms with Gasteiger partial charge in [0.1, 0.15) is 5.00 Å². The van der Waals surface area contributed by atoms with E-state index in [0.29, 0.717) is 0 Å². The SMILES string of the molecule is C=Nc1cc(C)c(C)s1. The topological polar surface area (TPSA) is 12.4 Å². The lowest BCUT2D eigenvalue weighted by molar-refractivity contribution is 1.44. The zero-order valence-corrected chi connectivity index (χ0v) is 6.46. The van der Waals surface area contributed by atoms with Gasteiger partial charge in [-0.05, 0) is 32.2 Å². The maximum absolute atomic E-state index is 3.82. The van der Waals surface area contributed by atoms with Crippen molar-refractivity contribution in [1.29, 1.82) is 0 Å². The third-order valence-corrected chi connectivity index (χ3v) is 2.39. The van der Waals surface area contributed by atoms with Crippen LogP contribution >= 0.6 is 11.3 Å². The molecule has 0 fully saturated rings. The molecule has 1 aromatic heterocycles. The normalized spacial score (nSPS) is 9.56. The number of rotatable bonds is 1. The van der Waals surface area contributed by atoms with Gasteiger partial charge in [-0.25, -0.2) is 0 Å². The van der Waals surface area contributed by atoms with Crippen LogP contribution in [0.5, 0.6) is 0 Å². The molecular weight excluding hydrogens is 130 g/mol. The fourth-order valence-corrected chi connectivity index (χ4v) is 1.47. The molecule has 0 bridgehead atoms. The van der Waals surface area contributed by atoms with Crippen molar-refractivity contribution in [2.75, 3.05) is 0 Å². The average Bonchev–Trinajstić information content (AvgIpc) is 2.13. The molecule has 0 N–H and O–H groups in total. The van der Waals surface area contributed by atoms with Crippen molar-refractivity contribution in [2.45, 2.75) is 13.8 Å². The Balaban J connectivity index is 3.11. The molecule has 1 rings (SSSR count). The molecule has 0 atom stereocenters. The van der Waals surface area contributed by atoms with Gasteiger partial charge in [0, 0.05) is 4.88 Å². The summed E-state index contributed by atoms with van der Waals surface area (Å²) in [5.41, 5.74) is 1.31. The first-order valence-corrected chi connectivity index (χ1v) is 3.59. The Morgan fingerprint density at radius 2 is 2.22 bits per heavy atom. The predicted octanol–water partition coefficient (Wildman–Crippen LogP) is 2.70. The number of aryl methyl sites for hydroxylation is 2. The van der Waals surface area contributed by atoms with E-state index >= 15 is 0 Å². The van der Waals surface area contributed by atoms with E-state index in [1.807, 2.05) is 6.07 Å². The van der Waals surface area contributed by atoms with E-state index in [4.69, 9.17) is 0 Å². The highest BCUT2D eigenvalue weighted by Gasteiger charge is 1.96. The van der Waals surface area contributed by atoms with Crippen LogP contribution in [0.3, 0.4) is 0 Å². The van der Waals surface area contributed by atoms with E-state index in [9.17, 15) is 0 Å². The van der Waals surface area contributed by atoms with E-state index in [1.54, 1.807) is 11.3 Å². The van der Waals surface area contributed by atoms with E-state index in [0.717, 1.165) is 5.00 Å². The standard InChI is InChI=1S/C7H9NS/c1-5-4-7(8-3)9-6(5)2/h4H,3H2,1-2H3. The third kappa shape index (κ3) is 1.19. The maximum atomic E-state index is 3.82. The largest absolute Gasteiger partial charge is 0.254 e. The minimum Gasteiger partial charge on any atom is -0.254 e. The number of hydrogen-bond acceptors (Lipinski definition) is 2. The summed E-state index contributed by atoms with van der Waals surface area (Å²) in [6.45, 7) is 7.62. The quantitative estimate of drug-likeness (QED) is 0.530. The Morgan fingerprint density at radius 3 is 2.44 bits per heavy atom. The smallest absolute Gasteiger partial charge is 0.115 e. The molecular formula is C7H9NS. The highest BCUT2D eigenvalue weighted by Crippen LogP contribution is 2.27. The molecule has 0 aliphatic rings. The van der Waals surface area contributed by atoms with E-state index in [2.05, 4.69) is 25.6 Å². The fraction of sp³-hybridized carbons (Fsp3) is 0.286. The molecule has 1 nitrogen and oxygen atoms in total. The first kappa shape index (κ1) is 6.49. The number of nitrogens with zero attached hydrogens (tertiary/aromatic N) is 1. The second kappa shape index (κ2) is 2.31. The minimum atomic E-state index is 1.02. The second-order valence-corrected chi connectivity index (χ2v) is 3.22. The van der Waals surface area contributed by atoms with E-state index in [-0.39, 0.29) is 0 Å². The van der Waals surface area contributed by atoms with Gasteiger partial charge in [-0.1, -0.05) is 0 Å². The van der Waals surface area contributed by atoms with Crippen molar-refractivity contribution < 1.29 is 0 Å². The molecule has 0 spiro atoms. The van der Waals surface area contributed by atoms with Crippen molar-refractivity contribution >= 4 is 23.1 Å². The van der Waals surface area contributed by atoms with Crippen LogP contribution in [0.15, 0.2) is 11.1 Å². The monoisotopic (exact) mass is 139 g/mol. The summed E-state index contributed by atoms with van der Waals surface area (Å²) >= 11 is 1.69. The number of aliphatic imine (C=N–C) groups is 1. The van der Waals surface area contributed by atoms with Crippen molar-refractivity contribution in [3.05, 3.63) is 16.5 Å². The van der Waals surface area contributed by atoms with Gasteiger partial charge in [-0.2, -0.15) is 0 Å². The molecule has 0 aliphatic heterocycles. The van der Waals surface area contributed by atoms with Gasteiger partial charge in [-0.15, -0.1) is 11.3 Å². The molecule has 0 amide bonds. The molecule has 1 heterocycles. The Morgan fingerprint density at radius 1 is 1.56 bits per heavy atom. The van der Waals surface area contributed by atoms with E-state index < -0.39 is 0 Å². The minimum absolute atomic E-state index is 1.02. The fourth-order valence-electron chi connectivity index (χ4n) is 0.632. The van der Waals surface area contributed by atoms with Crippen LogP contribution in [-0.2, 0) is 0 Å².